The average molecular weight is 328 g/mol. The fourth-order valence-electron chi connectivity index (χ4n) is 3.15. The minimum atomic E-state index is 0.163. The number of phenolic OH excluding ortho intramolecular Hbond substituents is 1. The Hall–Kier alpha value is -2.94. The van der Waals surface area contributed by atoms with Crippen molar-refractivity contribution in [3.8, 4) is 17.0 Å². The number of aromatic hydroxyl groups is 1. The molecular formula is C22H20N2O. The molecule has 0 amide bonds. The zero-order valence-corrected chi connectivity index (χ0v) is 14.2. The number of para-hydroxylation sites is 1. The van der Waals surface area contributed by atoms with Gasteiger partial charge in [-0.1, -0.05) is 55.5 Å². The Labute approximate surface area is 147 Å². The van der Waals surface area contributed by atoms with Gasteiger partial charge in [0.25, 0.3) is 0 Å². The van der Waals surface area contributed by atoms with Crippen LogP contribution in [0.15, 0.2) is 60.7 Å². The molecule has 1 aliphatic rings. The average Bonchev–Trinajstić information content (AvgIpc) is 2.68. The number of hydrogen-bond donors (Lipinski definition) is 1. The summed E-state index contributed by atoms with van der Waals surface area (Å²) in [6, 6.07) is 13.8. The van der Waals surface area contributed by atoms with E-state index >= 15 is 0 Å². The maximum absolute atomic E-state index is 10.2. The molecule has 0 atom stereocenters. The summed E-state index contributed by atoms with van der Waals surface area (Å²) in [7, 11) is 0. The van der Waals surface area contributed by atoms with E-state index in [1.807, 2.05) is 6.07 Å². The van der Waals surface area contributed by atoms with Crippen LogP contribution in [-0.4, -0.2) is 15.1 Å². The highest BCUT2D eigenvalue weighted by Crippen LogP contribution is 2.32. The summed E-state index contributed by atoms with van der Waals surface area (Å²) in [4.78, 5) is 9.63. The van der Waals surface area contributed by atoms with Gasteiger partial charge in [0.2, 0.25) is 0 Å². The smallest absolute Gasteiger partial charge is 0.143 e. The molecule has 2 aromatic carbocycles. The molecule has 0 bridgehead atoms. The predicted octanol–water partition coefficient (Wildman–Crippen LogP) is 5.30. The minimum Gasteiger partial charge on any atom is -0.506 e. The molecule has 0 spiro atoms. The predicted molar refractivity (Wildman–Crippen MR) is 102 cm³/mol. The monoisotopic (exact) mass is 328 g/mol. The van der Waals surface area contributed by atoms with Crippen molar-refractivity contribution >= 4 is 16.6 Å². The Morgan fingerprint density at radius 2 is 1.80 bits per heavy atom. The normalized spacial score (nSPS) is 13.9. The first kappa shape index (κ1) is 15.6. The molecule has 3 nitrogen and oxygen atoms in total. The first-order chi connectivity index (χ1) is 12.3. The molecule has 0 aliphatic heterocycles. The molecule has 0 saturated carbocycles. The van der Waals surface area contributed by atoms with Gasteiger partial charge in [0.05, 0.1) is 16.9 Å². The second-order valence-corrected chi connectivity index (χ2v) is 6.26. The van der Waals surface area contributed by atoms with Gasteiger partial charge in [-0.15, -0.1) is 0 Å². The number of aryl methyl sites for hydroxylation is 1. The number of aromatic nitrogens is 2. The molecule has 0 radical (unpaired) electrons. The van der Waals surface area contributed by atoms with Crippen LogP contribution >= 0.6 is 0 Å². The summed E-state index contributed by atoms with van der Waals surface area (Å²) in [5.41, 5.74) is 6.35. The Morgan fingerprint density at radius 1 is 0.960 bits per heavy atom. The van der Waals surface area contributed by atoms with Gasteiger partial charge >= 0.3 is 0 Å². The fraction of sp³-hybridized carbons (Fsp3) is 0.182. The Balaban J connectivity index is 1.96. The Bertz CT molecular complexity index is 985. The fourth-order valence-corrected chi connectivity index (χ4v) is 3.15. The summed E-state index contributed by atoms with van der Waals surface area (Å²) in [5.74, 6) is 0.163. The number of nitrogens with zero attached hydrogens (tertiary/aromatic N) is 2. The van der Waals surface area contributed by atoms with Crippen LogP contribution in [0, 0.1) is 0 Å². The van der Waals surface area contributed by atoms with Gasteiger partial charge < -0.3 is 5.11 Å². The van der Waals surface area contributed by atoms with E-state index in [4.69, 9.17) is 9.97 Å². The number of rotatable bonds is 3. The zero-order valence-electron chi connectivity index (χ0n) is 14.2. The van der Waals surface area contributed by atoms with Gasteiger partial charge in [0.15, 0.2) is 0 Å². The van der Waals surface area contributed by atoms with Gasteiger partial charge in [-0.25, -0.2) is 9.97 Å². The second-order valence-electron chi connectivity index (χ2n) is 6.26. The van der Waals surface area contributed by atoms with Crippen LogP contribution < -0.4 is 0 Å². The minimum absolute atomic E-state index is 0.163. The van der Waals surface area contributed by atoms with E-state index in [1.54, 1.807) is 12.1 Å². The first-order valence-corrected chi connectivity index (χ1v) is 8.72. The highest BCUT2D eigenvalue weighted by Gasteiger charge is 2.16. The van der Waals surface area contributed by atoms with Crippen molar-refractivity contribution in [2.45, 2.75) is 26.2 Å². The third-order valence-electron chi connectivity index (χ3n) is 4.58. The van der Waals surface area contributed by atoms with E-state index in [0.717, 1.165) is 41.8 Å². The lowest BCUT2D eigenvalue weighted by molar-refractivity contribution is 0.480. The van der Waals surface area contributed by atoms with Crippen molar-refractivity contribution in [2.75, 3.05) is 0 Å². The highest BCUT2D eigenvalue weighted by molar-refractivity contribution is 5.89. The van der Waals surface area contributed by atoms with E-state index in [9.17, 15) is 5.11 Å². The highest BCUT2D eigenvalue weighted by atomic mass is 16.3. The van der Waals surface area contributed by atoms with E-state index in [1.165, 1.54) is 5.56 Å². The third-order valence-corrected chi connectivity index (χ3v) is 4.58. The molecule has 3 heteroatoms. The van der Waals surface area contributed by atoms with Crippen molar-refractivity contribution in [3.05, 3.63) is 72.0 Å². The van der Waals surface area contributed by atoms with Gasteiger partial charge in [0.1, 0.15) is 11.3 Å². The summed E-state index contributed by atoms with van der Waals surface area (Å²) in [6.45, 7) is 2.14. The van der Waals surface area contributed by atoms with Crippen molar-refractivity contribution in [2.24, 2.45) is 0 Å². The standard InChI is InChI=1S/C22H20N2O/c1-2-15-11-13-17(14-12-15)21-20(16-7-4-3-5-8-16)23-18-9-6-10-19(25)22(18)24-21/h4,6-14,25H,2-3,5H2,1H3. The van der Waals surface area contributed by atoms with E-state index in [-0.39, 0.29) is 5.75 Å². The maximum atomic E-state index is 10.2. The van der Waals surface area contributed by atoms with Crippen molar-refractivity contribution in [1.82, 2.24) is 9.97 Å². The molecular weight excluding hydrogens is 308 g/mol. The molecule has 0 saturated heterocycles. The number of fused-ring (bicyclic) bond motifs is 1. The van der Waals surface area contributed by atoms with Crippen molar-refractivity contribution in [3.63, 3.8) is 0 Å². The van der Waals surface area contributed by atoms with Crippen LogP contribution in [0.1, 0.15) is 31.0 Å². The molecule has 25 heavy (non-hydrogen) atoms. The van der Waals surface area contributed by atoms with Gasteiger partial charge in [-0.3, -0.25) is 0 Å². The Morgan fingerprint density at radius 3 is 2.52 bits per heavy atom. The topological polar surface area (TPSA) is 46.0 Å². The lowest BCUT2D eigenvalue weighted by atomic mass is 9.98. The van der Waals surface area contributed by atoms with E-state index < -0.39 is 0 Å². The number of hydrogen-bond acceptors (Lipinski definition) is 3. The van der Waals surface area contributed by atoms with Gasteiger partial charge in [-0.05, 0) is 42.5 Å². The molecule has 0 fully saturated rings. The van der Waals surface area contributed by atoms with Gasteiger partial charge in [-0.2, -0.15) is 0 Å². The number of allylic oxidation sites excluding steroid dienone is 4. The lowest BCUT2D eigenvalue weighted by Gasteiger charge is -2.13. The Kier molecular flexibility index (Phi) is 4.06. The second kappa shape index (κ2) is 6.52. The molecule has 0 unspecified atom stereocenters. The SMILES string of the molecule is CCc1ccc(-c2nc3c(O)cccc3nc2C2=CCCC=C2)cc1. The largest absolute Gasteiger partial charge is 0.506 e. The van der Waals surface area contributed by atoms with E-state index in [0.29, 0.717) is 11.0 Å². The summed E-state index contributed by atoms with van der Waals surface area (Å²) in [5, 5.41) is 10.2. The molecule has 4 rings (SSSR count). The van der Waals surface area contributed by atoms with Crippen LogP contribution in [0.4, 0.5) is 0 Å². The molecule has 1 heterocycles. The summed E-state index contributed by atoms with van der Waals surface area (Å²) < 4.78 is 0. The van der Waals surface area contributed by atoms with Crippen LogP contribution in [-0.2, 0) is 6.42 Å². The van der Waals surface area contributed by atoms with Crippen LogP contribution in [0.25, 0.3) is 27.9 Å². The van der Waals surface area contributed by atoms with Crippen molar-refractivity contribution in [1.29, 1.82) is 0 Å². The van der Waals surface area contributed by atoms with Crippen molar-refractivity contribution < 1.29 is 5.11 Å². The summed E-state index contributed by atoms with van der Waals surface area (Å²) >= 11 is 0. The van der Waals surface area contributed by atoms with E-state index in [2.05, 4.69) is 49.4 Å². The first-order valence-electron chi connectivity index (χ1n) is 8.72. The zero-order chi connectivity index (χ0) is 17.2. The number of benzene rings is 2. The van der Waals surface area contributed by atoms with Crippen LogP contribution in [0.3, 0.4) is 0 Å². The quantitative estimate of drug-likeness (QED) is 0.710. The number of phenols is 1. The molecule has 1 N–H and O–H groups in total. The maximum Gasteiger partial charge on any atom is 0.143 e. The van der Waals surface area contributed by atoms with Gasteiger partial charge in [0, 0.05) is 5.56 Å². The molecule has 1 aliphatic carbocycles. The summed E-state index contributed by atoms with van der Waals surface area (Å²) in [6.07, 6.45) is 9.58. The molecule has 124 valence electrons. The molecule has 3 aromatic rings. The molecule has 1 aromatic heterocycles. The van der Waals surface area contributed by atoms with Crippen LogP contribution in [0.5, 0.6) is 5.75 Å². The lowest BCUT2D eigenvalue weighted by Crippen LogP contribution is -1.99. The third kappa shape index (κ3) is 2.93. The van der Waals surface area contributed by atoms with Crippen LogP contribution in [0.2, 0.25) is 0 Å².